The zero-order valence-electron chi connectivity index (χ0n) is 11.2. The van der Waals surface area contributed by atoms with Crippen LogP contribution in [-0.2, 0) is 12.8 Å². The molecule has 1 aliphatic rings. The van der Waals surface area contributed by atoms with Gasteiger partial charge in [-0.1, -0.05) is 13.0 Å². The molecule has 1 aromatic carbocycles. The van der Waals surface area contributed by atoms with Gasteiger partial charge in [0, 0.05) is 18.8 Å². The van der Waals surface area contributed by atoms with Gasteiger partial charge in [-0.3, -0.25) is 0 Å². The molecule has 0 spiro atoms. The lowest BCUT2D eigenvalue weighted by molar-refractivity contribution is 0.126. The maximum atomic E-state index is 10.5. The summed E-state index contributed by atoms with van der Waals surface area (Å²) in [5.41, 5.74) is 2.16. The topological polar surface area (TPSA) is 47.3 Å². The fraction of sp³-hybridized carbons (Fsp3) is 0.400. The highest BCUT2D eigenvalue weighted by Crippen LogP contribution is 2.41. The molecule has 100 valence electrons. The van der Waals surface area contributed by atoms with Gasteiger partial charge >= 0.3 is 0 Å². The number of benzene rings is 1. The first-order valence-electron chi connectivity index (χ1n) is 6.61. The van der Waals surface area contributed by atoms with Crippen LogP contribution in [-0.4, -0.2) is 21.8 Å². The predicted molar refractivity (Wildman–Crippen MR) is 72.3 cm³/mol. The van der Waals surface area contributed by atoms with E-state index < -0.39 is 6.10 Å². The van der Waals surface area contributed by atoms with Crippen molar-refractivity contribution in [3.63, 3.8) is 0 Å². The van der Waals surface area contributed by atoms with Crippen LogP contribution in [0.2, 0.25) is 0 Å². The van der Waals surface area contributed by atoms with Crippen molar-refractivity contribution in [3.8, 4) is 5.75 Å². The fourth-order valence-electron chi connectivity index (χ4n) is 2.88. The smallest absolute Gasteiger partial charge is 0.119 e. The molecule has 0 fully saturated rings. The van der Waals surface area contributed by atoms with Crippen LogP contribution in [0.3, 0.4) is 0 Å². The lowest BCUT2D eigenvalue weighted by atomic mass is 10.1. The second-order valence-electron chi connectivity index (χ2n) is 4.89. The largest absolute Gasteiger partial charge is 0.497 e. The minimum Gasteiger partial charge on any atom is -0.497 e. The third kappa shape index (κ3) is 1.92. The van der Waals surface area contributed by atoms with Crippen molar-refractivity contribution < 1.29 is 9.84 Å². The zero-order valence-corrected chi connectivity index (χ0v) is 11.2. The molecule has 0 aliphatic heterocycles. The van der Waals surface area contributed by atoms with E-state index in [1.54, 1.807) is 13.3 Å². The normalized spacial score (nSPS) is 21.4. The average molecular weight is 258 g/mol. The van der Waals surface area contributed by atoms with Gasteiger partial charge in [-0.05, 0) is 29.7 Å². The van der Waals surface area contributed by atoms with Gasteiger partial charge < -0.3 is 14.4 Å². The average Bonchev–Trinajstić information content (AvgIpc) is 3.03. The van der Waals surface area contributed by atoms with Gasteiger partial charge in [0.1, 0.15) is 17.7 Å². The molecular weight excluding hydrogens is 240 g/mol. The van der Waals surface area contributed by atoms with E-state index in [0.29, 0.717) is 0 Å². The highest BCUT2D eigenvalue weighted by Gasteiger charge is 2.33. The van der Waals surface area contributed by atoms with Crippen LogP contribution in [0.15, 0.2) is 30.6 Å². The van der Waals surface area contributed by atoms with Crippen molar-refractivity contribution in [2.45, 2.75) is 31.9 Å². The van der Waals surface area contributed by atoms with Crippen molar-refractivity contribution >= 4 is 0 Å². The molecule has 0 saturated carbocycles. The molecule has 4 nitrogen and oxygen atoms in total. The van der Waals surface area contributed by atoms with Crippen LogP contribution in [0.25, 0.3) is 0 Å². The Bertz CT molecular complexity index is 592. The van der Waals surface area contributed by atoms with Crippen LogP contribution in [0, 0.1) is 0 Å². The van der Waals surface area contributed by atoms with E-state index in [0.717, 1.165) is 30.0 Å². The van der Waals surface area contributed by atoms with Gasteiger partial charge in [0.15, 0.2) is 0 Å². The summed E-state index contributed by atoms with van der Waals surface area (Å²) in [6.45, 7) is 2.08. The second kappa shape index (κ2) is 4.70. The molecule has 3 rings (SSSR count). The minimum absolute atomic E-state index is 0.0413. The number of hydrogen-bond donors (Lipinski definition) is 1. The number of rotatable bonds is 3. The molecular formula is C15H18N2O2. The molecule has 19 heavy (non-hydrogen) atoms. The lowest BCUT2D eigenvalue weighted by Crippen LogP contribution is -2.15. The number of nitrogens with zero attached hydrogens (tertiary/aromatic N) is 2. The second-order valence-corrected chi connectivity index (χ2v) is 4.89. The van der Waals surface area contributed by atoms with E-state index in [4.69, 9.17) is 4.74 Å². The first-order valence-corrected chi connectivity index (χ1v) is 6.61. The zero-order chi connectivity index (χ0) is 13.4. The Morgan fingerprint density at radius 2 is 2.32 bits per heavy atom. The van der Waals surface area contributed by atoms with E-state index >= 15 is 0 Å². The first-order chi connectivity index (χ1) is 9.24. The third-order valence-electron chi connectivity index (χ3n) is 3.89. The summed E-state index contributed by atoms with van der Waals surface area (Å²) in [6.07, 6.45) is 4.97. The van der Waals surface area contributed by atoms with Crippen LogP contribution in [0.4, 0.5) is 0 Å². The number of aliphatic hydroxyl groups excluding tert-OH is 1. The van der Waals surface area contributed by atoms with Crippen LogP contribution in [0.5, 0.6) is 5.75 Å². The van der Waals surface area contributed by atoms with E-state index in [-0.39, 0.29) is 6.04 Å². The lowest BCUT2D eigenvalue weighted by Gasteiger charge is -2.19. The molecule has 1 N–H and O–H groups in total. The highest BCUT2D eigenvalue weighted by molar-refractivity contribution is 5.41. The molecule has 1 aliphatic carbocycles. The summed E-state index contributed by atoms with van der Waals surface area (Å²) in [6, 6.07) is 5.96. The van der Waals surface area contributed by atoms with Gasteiger partial charge in [0.25, 0.3) is 0 Å². The number of hydrogen-bond acceptors (Lipinski definition) is 3. The summed E-state index contributed by atoms with van der Waals surface area (Å²) in [7, 11) is 1.64. The summed E-state index contributed by atoms with van der Waals surface area (Å²) >= 11 is 0. The number of aliphatic hydroxyl groups is 1. The summed E-state index contributed by atoms with van der Waals surface area (Å²) < 4.78 is 7.32. The van der Waals surface area contributed by atoms with Crippen molar-refractivity contribution in [2.24, 2.45) is 0 Å². The monoisotopic (exact) mass is 258 g/mol. The third-order valence-corrected chi connectivity index (χ3v) is 3.89. The van der Waals surface area contributed by atoms with E-state index in [9.17, 15) is 5.11 Å². The van der Waals surface area contributed by atoms with Crippen molar-refractivity contribution in [1.29, 1.82) is 0 Å². The molecule has 1 heterocycles. The van der Waals surface area contributed by atoms with Gasteiger partial charge in [-0.2, -0.15) is 0 Å². The molecule has 2 unspecified atom stereocenters. The van der Waals surface area contributed by atoms with Crippen molar-refractivity contribution in [1.82, 2.24) is 9.55 Å². The number of ether oxygens (including phenoxy) is 1. The van der Waals surface area contributed by atoms with E-state index in [1.807, 2.05) is 24.4 Å². The Morgan fingerprint density at radius 1 is 1.47 bits per heavy atom. The number of methoxy groups -OCH3 is 1. The Kier molecular flexibility index (Phi) is 3.03. The van der Waals surface area contributed by atoms with Crippen molar-refractivity contribution in [3.05, 3.63) is 47.5 Å². The Hall–Kier alpha value is -1.81. The van der Waals surface area contributed by atoms with Gasteiger partial charge in [-0.15, -0.1) is 0 Å². The Morgan fingerprint density at radius 3 is 3.05 bits per heavy atom. The molecule has 2 atom stereocenters. The molecule has 0 saturated heterocycles. The SMILES string of the molecule is CCc1nccn1C1Cc2ccc(OC)cc2C1O. The van der Waals surface area contributed by atoms with E-state index in [2.05, 4.69) is 16.5 Å². The molecule has 0 amide bonds. The van der Waals surface area contributed by atoms with Gasteiger partial charge in [0.05, 0.1) is 13.2 Å². The van der Waals surface area contributed by atoms with Crippen molar-refractivity contribution in [2.75, 3.05) is 7.11 Å². The molecule has 1 aromatic heterocycles. The predicted octanol–water partition coefficient (Wildman–Crippen LogP) is 2.28. The number of imidazole rings is 1. The number of fused-ring (bicyclic) bond motifs is 1. The Labute approximate surface area is 112 Å². The quantitative estimate of drug-likeness (QED) is 0.918. The molecule has 4 heteroatoms. The number of aromatic nitrogens is 2. The van der Waals surface area contributed by atoms with Gasteiger partial charge in [0.2, 0.25) is 0 Å². The Balaban J connectivity index is 1.97. The molecule has 2 aromatic rings. The summed E-state index contributed by atoms with van der Waals surface area (Å²) in [4.78, 5) is 4.34. The van der Waals surface area contributed by atoms with E-state index in [1.165, 1.54) is 5.56 Å². The maximum Gasteiger partial charge on any atom is 0.119 e. The van der Waals surface area contributed by atoms with Gasteiger partial charge in [-0.25, -0.2) is 4.98 Å². The summed E-state index contributed by atoms with van der Waals surface area (Å²) in [5, 5.41) is 10.5. The van der Waals surface area contributed by atoms with Crippen LogP contribution in [0.1, 0.15) is 36.0 Å². The van der Waals surface area contributed by atoms with Crippen LogP contribution < -0.4 is 4.74 Å². The highest BCUT2D eigenvalue weighted by atomic mass is 16.5. The first kappa shape index (κ1) is 12.2. The standard InChI is InChI=1S/C15H18N2O2/c1-3-14-16-6-7-17(14)13-8-10-4-5-11(19-2)9-12(10)15(13)18/h4-7,9,13,15,18H,3,8H2,1-2H3. The number of aryl methyl sites for hydroxylation is 1. The fourth-order valence-corrected chi connectivity index (χ4v) is 2.88. The maximum absolute atomic E-state index is 10.5. The molecule has 0 bridgehead atoms. The molecule has 0 radical (unpaired) electrons. The minimum atomic E-state index is -0.496. The summed E-state index contributed by atoms with van der Waals surface area (Å²) in [5.74, 6) is 1.81. The van der Waals surface area contributed by atoms with Crippen LogP contribution >= 0.6 is 0 Å².